The second-order valence-corrected chi connectivity index (χ2v) is 6.79. The van der Waals surface area contributed by atoms with Crippen LogP contribution in [-0.2, 0) is 16.0 Å². The number of nitrogens with two attached hydrogens (primary N) is 1. The van der Waals surface area contributed by atoms with Gasteiger partial charge in [0, 0.05) is 36.4 Å². The number of carbonyl (C=O) groups excluding carboxylic acids is 1. The van der Waals surface area contributed by atoms with E-state index in [1.807, 2.05) is 12.1 Å². The minimum absolute atomic E-state index is 0.446. The molecule has 0 fully saturated rings. The average Bonchev–Trinajstić information content (AvgIpc) is 3.15. The highest BCUT2D eigenvalue weighted by Gasteiger charge is 2.16. The van der Waals surface area contributed by atoms with Gasteiger partial charge in [-0.25, -0.2) is 4.98 Å². The zero-order valence-electron chi connectivity index (χ0n) is 15.9. The van der Waals surface area contributed by atoms with Crippen LogP contribution >= 0.6 is 0 Å². The van der Waals surface area contributed by atoms with Crippen LogP contribution in [0, 0.1) is 0 Å². The number of primary amides is 1. The number of hydrogen-bond acceptors (Lipinski definition) is 4. The minimum Gasteiger partial charge on any atom is -0.383 e. The molecule has 0 spiro atoms. The molecule has 0 bridgehead atoms. The number of ether oxygens (including phenoxy) is 2. The van der Waals surface area contributed by atoms with Gasteiger partial charge >= 0.3 is 0 Å². The van der Waals surface area contributed by atoms with Crippen LogP contribution in [0.3, 0.4) is 0 Å². The Hall–Kier alpha value is -2.96. The van der Waals surface area contributed by atoms with Crippen LogP contribution in [-0.4, -0.2) is 42.4 Å². The molecule has 0 saturated carbocycles. The molecule has 0 atom stereocenters. The quantitative estimate of drug-likeness (QED) is 0.715. The van der Waals surface area contributed by atoms with Gasteiger partial charge in [0.05, 0.1) is 36.7 Å². The first-order valence-corrected chi connectivity index (χ1v) is 9.33. The molecule has 6 heteroatoms. The fourth-order valence-electron chi connectivity index (χ4n) is 3.54. The van der Waals surface area contributed by atoms with Gasteiger partial charge in [0.15, 0.2) is 0 Å². The molecule has 1 aromatic carbocycles. The molecule has 6 nitrogen and oxygen atoms in total. The van der Waals surface area contributed by atoms with Gasteiger partial charge in [-0.05, 0) is 36.3 Å². The first kappa shape index (κ1) is 18.4. The standard InChI is InChI=1S/C22H23N3O3/c1-27-12-9-25-8-5-18-20(25)14-19(16-3-2-4-17(13-16)22(23)26)24-21(18)15-6-10-28-11-7-15/h2-6,8,13-14H,7,9-12H2,1H3,(H2,23,26). The summed E-state index contributed by atoms with van der Waals surface area (Å²) >= 11 is 0. The predicted octanol–water partition coefficient (Wildman–Crippen LogP) is 3.25. The Bertz CT molecular complexity index is 1050. The minimum atomic E-state index is -0.446. The fraction of sp³-hybridized carbons (Fsp3) is 0.273. The maximum Gasteiger partial charge on any atom is 0.248 e. The Kier molecular flexibility index (Phi) is 5.23. The van der Waals surface area contributed by atoms with Crippen LogP contribution in [0.25, 0.3) is 27.7 Å². The topological polar surface area (TPSA) is 79.4 Å². The van der Waals surface area contributed by atoms with Gasteiger partial charge in [-0.3, -0.25) is 4.79 Å². The number of aromatic nitrogens is 2. The number of fused-ring (bicyclic) bond motifs is 1. The maximum atomic E-state index is 11.6. The molecule has 0 saturated heterocycles. The number of benzene rings is 1. The molecule has 3 aromatic rings. The molecule has 1 aliphatic heterocycles. The molecule has 2 aromatic heterocycles. The molecule has 0 radical (unpaired) electrons. The van der Waals surface area contributed by atoms with E-state index in [-0.39, 0.29) is 0 Å². The summed E-state index contributed by atoms with van der Waals surface area (Å²) in [6.07, 6.45) is 5.00. The normalized spacial score (nSPS) is 14.2. The molecule has 28 heavy (non-hydrogen) atoms. The Morgan fingerprint density at radius 1 is 1.32 bits per heavy atom. The van der Waals surface area contributed by atoms with Gasteiger partial charge in [-0.1, -0.05) is 18.2 Å². The lowest BCUT2D eigenvalue weighted by Gasteiger charge is -2.16. The zero-order valence-corrected chi connectivity index (χ0v) is 15.9. The third-order valence-electron chi connectivity index (χ3n) is 5.01. The third-order valence-corrected chi connectivity index (χ3v) is 5.01. The highest BCUT2D eigenvalue weighted by atomic mass is 16.5. The van der Waals surface area contributed by atoms with E-state index in [2.05, 4.69) is 29.0 Å². The molecular formula is C22H23N3O3. The van der Waals surface area contributed by atoms with Crippen molar-refractivity contribution >= 4 is 22.4 Å². The maximum absolute atomic E-state index is 11.6. The Morgan fingerprint density at radius 2 is 2.21 bits per heavy atom. The summed E-state index contributed by atoms with van der Waals surface area (Å²) < 4.78 is 12.9. The third kappa shape index (κ3) is 3.56. The summed E-state index contributed by atoms with van der Waals surface area (Å²) in [5, 5.41) is 1.11. The SMILES string of the molecule is COCCn1ccc2c(C3=CCOCC3)nc(-c3cccc(C(N)=O)c3)cc21. The van der Waals surface area contributed by atoms with E-state index in [9.17, 15) is 4.79 Å². The van der Waals surface area contributed by atoms with Crippen molar-refractivity contribution in [2.75, 3.05) is 26.9 Å². The number of nitrogens with zero attached hydrogens (tertiary/aromatic N) is 2. The van der Waals surface area contributed by atoms with Gasteiger partial charge < -0.3 is 19.8 Å². The van der Waals surface area contributed by atoms with Crippen molar-refractivity contribution in [3.63, 3.8) is 0 Å². The summed E-state index contributed by atoms with van der Waals surface area (Å²) in [6, 6.07) is 11.5. The van der Waals surface area contributed by atoms with E-state index >= 15 is 0 Å². The van der Waals surface area contributed by atoms with Crippen molar-refractivity contribution < 1.29 is 14.3 Å². The smallest absolute Gasteiger partial charge is 0.248 e. The Balaban J connectivity index is 1.89. The van der Waals surface area contributed by atoms with E-state index in [1.54, 1.807) is 19.2 Å². The van der Waals surface area contributed by atoms with Crippen molar-refractivity contribution in [2.24, 2.45) is 5.73 Å². The highest BCUT2D eigenvalue weighted by Crippen LogP contribution is 2.32. The summed E-state index contributed by atoms with van der Waals surface area (Å²) in [4.78, 5) is 16.6. The van der Waals surface area contributed by atoms with Crippen LogP contribution < -0.4 is 5.73 Å². The molecular weight excluding hydrogens is 354 g/mol. The van der Waals surface area contributed by atoms with Gasteiger partial charge in [0.25, 0.3) is 0 Å². The summed E-state index contributed by atoms with van der Waals surface area (Å²) in [6.45, 7) is 2.68. The molecule has 0 unspecified atom stereocenters. The first-order chi connectivity index (χ1) is 13.7. The Morgan fingerprint density at radius 3 is 2.96 bits per heavy atom. The van der Waals surface area contributed by atoms with Crippen molar-refractivity contribution in [3.05, 3.63) is 59.9 Å². The number of pyridine rings is 1. The second kappa shape index (κ2) is 7.96. The largest absolute Gasteiger partial charge is 0.383 e. The average molecular weight is 377 g/mol. The van der Waals surface area contributed by atoms with E-state index < -0.39 is 5.91 Å². The number of methoxy groups -OCH3 is 1. The van der Waals surface area contributed by atoms with Crippen molar-refractivity contribution in [3.8, 4) is 11.3 Å². The van der Waals surface area contributed by atoms with Crippen molar-refractivity contribution in [1.82, 2.24) is 9.55 Å². The molecule has 3 heterocycles. The van der Waals surface area contributed by atoms with Crippen LogP contribution in [0.4, 0.5) is 0 Å². The summed E-state index contributed by atoms with van der Waals surface area (Å²) in [5.41, 5.74) is 10.9. The van der Waals surface area contributed by atoms with E-state index in [0.717, 1.165) is 40.8 Å². The molecule has 4 rings (SSSR count). The van der Waals surface area contributed by atoms with Crippen molar-refractivity contribution in [1.29, 1.82) is 0 Å². The predicted molar refractivity (Wildman–Crippen MR) is 109 cm³/mol. The molecule has 144 valence electrons. The van der Waals surface area contributed by atoms with E-state index in [4.69, 9.17) is 20.2 Å². The van der Waals surface area contributed by atoms with Gasteiger partial charge in [-0.15, -0.1) is 0 Å². The molecule has 0 aliphatic carbocycles. The summed E-state index contributed by atoms with van der Waals surface area (Å²) in [5.74, 6) is -0.446. The van der Waals surface area contributed by atoms with Gasteiger partial charge in [0.2, 0.25) is 5.91 Å². The second-order valence-electron chi connectivity index (χ2n) is 6.79. The lowest BCUT2D eigenvalue weighted by molar-refractivity contribution is 0.100. The highest BCUT2D eigenvalue weighted by molar-refractivity contribution is 5.96. The van der Waals surface area contributed by atoms with Crippen LogP contribution in [0.5, 0.6) is 0 Å². The van der Waals surface area contributed by atoms with Crippen LogP contribution in [0.2, 0.25) is 0 Å². The molecule has 2 N–H and O–H groups in total. The molecule has 1 amide bonds. The number of carbonyl (C=O) groups is 1. The molecule has 1 aliphatic rings. The van der Waals surface area contributed by atoms with E-state index in [1.165, 1.54) is 5.57 Å². The first-order valence-electron chi connectivity index (χ1n) is 9.33. The lowest BCUT2D eigenvalue weighted by atomic mass is 10.0. The zero-order chi connectivity index (χ0) is 19.5. The van der Waals surface area contributed by atoms with Gasteiger partial charge in [0.1, 0.15) is 0 Å². The number of hydrogen-bond donors (Lipinski definition) is 1. The van der Waals surface area contributed by atoms with Crippen LogP contribution in [0.1, 0.15) is 22.5 Å². The van der Waals surface area contributed by atoms with Crippen LogP contribution in [0.15, 0.2) is 48.7 Å². The Labute approximate surface area is 163 Å². The van der Waals surface area contributed by atoms with E-state index in [0.29, 0.717) is 25.4 Å². The monoisotopic (exact) mass is 377 g/mol. The lowest BCUT2D eigenvalue weighted by Crippen LogP contribution is -2.10. The number of rotatable bonds is 6. The number of amides is 1. The fourth-order valence-corrected chi connectivity index (χ4v) is 3.54. The van der Waals surface area contributed by atoms with Gasteiger partial charge in [-0.2, -0.15) is 0 Å². The van der Waals surface area contributed by atoms with Crippen molar-refractivity contribution in [2.45, 2.75) is 13.0 Å². The summed E-state index contributed by atoms with van der Waals surface area (Å²) in [7, 11) is 1.70.